The summed E-state index contributed by atoms with van der Waals surface area (Å²) in [6.07, 6.45) is 0. The van der Waals surface area contributed by atoms with Gasteiger partial charge in [0.05, 0.1) is 6.61 Å². The van der Waals surface area contributed by atoms with Gasteiger partial charge < -0.3 is 15.3 Å². The molecule has 0 heterocycles. The van der Waals surface area contributed by atoms with Gasteiger partial charge in [0.15, 0.2) is 0 Å². The largest absolute Gasteiger partial charge is 0.395 e. The monoisotopic (exact) mass is 270 g/mol. The first-order chi connectivity index (χ1) is 8.60. The van der Waals surface area contributed by atoms with Crippen molar-refractivity contribution in [3.8, 4) is 0 Å². The molecule has 0 saturated heterocycles. The van der Waals surface area contributed by atoms with Crippen molar-refractivity contribution in [3.63, 3.8) is 0 Å². The lowest BCUT2D eigenvalue weighted by atomic mass is 10.1. The molecular formula is C14H23ClN2O. The maximum absolute atomic E-state index is 9.10. The topological polar surface area (TPSA) is 35.5 Å². The summed E-state index contributed by atoms with van der Waals surface area (Å²) in [5.41, 5.74) is 2.17. The third-order valence-corrected chi connectivity index (χ3v) is 3.25. The number of benzene rings is 1. The highest BCUT2D eigenvalue weighted by molar-refractivity contribution is 6.31. The fraction of sp³-hybridized carbons (Fsp3) is 0.571. The van der Waals surface area contributed by atoms with E-state index >= 15 is 0 Å². The van der Waals surface area contributed by atoms with Crippen molar-refractivity contribution < 1.29 is 5.11 Å². The molecule has 0 radical (unpaired) electrons. The summed E-state index contributed by atoms with van der Waals surface area (Å²) in [6, 6.07) is 6.43. The second-order valence-electron chi connectivity index (χ2n) is 4.57. The van der Waals surface area contributed by atoms with Crippen LogP contribution in [-0.4, -0.2) is 30.8 Å². The predicted molar refractivity (Wildman–Crippen MR) is 78.4 cm³/mol. The van der Waals surface area contributed by atoms with E-state index in [2.05, 4.69) is 37.1 Å². The molecule has 3 nitrogen and oxygen atoms in total. The van der Waals surface area contributed by atoms with Crippen molar-refractivity contribution in [2.24, 2.45) is 0 Å². The van der Waals surface area contributed by atoms with Crippen molar-refractivity contribution in [3.05, 3.63) is 28.8 Å². The number of nitrogens with one attached hydrogen (secondary N) is 1. The number of aliphatic hydroxyl groups excluding tert-OH is 1. The van der Waals surface area contributed by atoms with E-state index in [1.165, 1.54) is 0 Å². The van der Waals surface area contributed by atoms with Crippen LogP contribution in [0.4, 0.5) is 5.69 Å². The van der Waals surface area contributed by atoms with E-state index in [0.29, 0.717) is 12.6 Å². The Bertz CT molecular complexity index is 369. The number of anilines is 1. The van der Waals surface area contributed by atoms with E-state index in [4.69, 9.17) is 16.7 Å². The molecule has 102 valence electrons. The van der Waals surface area contributed by atoms with Gasteiger partial charge in [-0.2, -0.15) is 0 Å². The lowest BCUT2D eigenvalue weighted by Crippen LogP contribution is -2.33. The van der Waals surface area contributed by atoms with Gasteiger partial charge in [-0.05, 0) is 38.1 Å². The molecule has 0 saturated carbocycles. The van der Waals surface area contributed by atoms with Crippen LogP contribution >= 0.6 is 11.6 Å². The van der Waals surface area contributed by atoms with E-state index in [1.807, 2.05) is 12.1 Å². The third-order valence-electron chi connectivity index (χ3n) is 2.90. The Kier molecular flexibility index (Phi) is 6.47. The fourth-order valence-corrected chi connectivity index (χ4v) is 2.15. The minimum absolute atomic E-state index is 0.148. The molecule has 0 atom stereocenters. The van der Waals surface area contributed by atoms with Crippen LogP contribution in [0.15, 0.2) is 18.2 Å². The average Bonchev–Trinajstić information content (AvgIpc) is 2.34. The smallest absolute Gasteiger partial charge is 0.0606 e. The Morgan fingerprint density at radius 1 is 1.39 bits per heavy atom. The highest BCUT2D eigenvalue weighted by Crippen LogP contribution is 2.25. The van der Waals surface area contributed by atoms with Crippen molar-refractivity contribution >= 4 is 17.3 Å². The van der Waals surface area contributed by atoms with E-state index in [-0.39, 0.29) is 6.61 Å². The molecule has 4 heteroatoms. The van der Waals surface area contributed by atoms with Crippen molar-refractivity contribution in [1.82, 2.24) is 5.32 Å². The highest BCUT2D eigenvalue weighted by atomic mass is 35.5. The highest BCUT2D eigenvalue weighted by Gasteiger charge is 2.11. The molecule has 18 heavy (non-hydrogen) atoms. The first-order valence-corrected chi connectivity index (χ1v) is 6.84. The number of rotatable bonds is 7. The molecule has 2 N–H and O–H groups in total. The standard InChI is InChI=1S/C14H23ClN2O/c1-4-16-10-12-5-6-13(9-14(12)15)17(7-8-18)11(2)3/h5-6,9,11,16,18H,4,7-8,10H2,1-3H3. The first-order valence-electron chi connectivity index (χ1n) is 6.46. The maximum atomic E-state index is 9.10. The Balaban J connectivity index is 2.87. The van der Waals surface area contributed by atoms with Crippen LogP contribution in [0, 0.1) is 0 Å². The third kappa shape index (κ3) is 4.16. The average molecular weight is 271 g/mol. The normalized spacial score (nSPS) is 11.0. The van der Waals surface area contributed by atoms with E-state index in [9.17, 15) is 0 Å². The summed E-state index contributed by atoms with van der Waals surface area (Å²) in [7, 11) is 0. The number of nitrogens with zero attached hydrogens (tertiary/aromatic N) is 1. The van der Waals surface area contributed by atoms with Crippen molar-refractivity contribution in [2.75, 3.05) is 24.6 Å². The van der Waals surface area contributed by atoms with Gasteiger partial charge in [0.2, 0.25) is 0 Å². The van der Waals surface area contributed by atoms with Crippen LogP contribution in [0.1, 0.15) is 26.3 Å². The molecule has 1 aromatic carbocycles. The molecule has 0 bridgehead atoms. The molecular weight excluding hydrogens is 248 g/mol. The summed E-state index contributed by atoms with van der Waals surface area (Å²) in [5.74, 6) is 0. The van der Waals surface area contributed by atoms with Gasteiger partial charge in [-0.15, -0.1) is 0 Å². The van der Waals surface area contributed by atoms with E-state index < -0.39 is 0 Å². The Labute approximate surface area is 115 Å². The molecule has 0 aliphatic heterocycles. The zero-order valence-corrected chi connectivity index (χ0v) is 12.2. The molecule has 1 rings (SSSR count). The van der Waals surface area contributed by atoms with Crippen LogP contribution in [0.5, 0.6) is 0 Å². The van der Waals surface area contributed by atoms with Gasteiger partial charge in [-0.25, -0.2) is 0 Å². The quantitative estimate of drug-likeness (QED) is 0.800. The number of halogens is 1. The molecule has 0 amide bonds. The predicted octanol–water partition coefficient (Wildman–Crippen LogP) is 2.66. The Morgan fingerprint density at radius 2 is 2.11 bits per heavy atom. The number of hydrogen-bond acceptors (Lipinski definition) is 3. The molecule has 0 fully saturated rings. The molecule has 0 aliphatic carbocycles. The lowest BCUT2D eigenvalue weighted by molar-refractivity contribution is 0.299. The van der Waals surface area contributed by atoms with Crippen LogP contribution in [0.2, 0.25) is 5.02 Å². The first kappa shape index (κ1) is 15.3. The summed E-state index contributed by atoms with van der Waals surface area (Å²) < 4.78 is 0. The van der Waals surface area contributed by atoms with Crippen LogP contribution in [0.25, 0.3) is 0 Å². The van der Waals surface area contributed by atoms with Crippen LogP contribution in [-0.2, 0) is 6.54 Å². The van der Waals surface area contributed by atoms with Gasteiger partial charge in [0, 0.05) is 29.8 Å². The summed E-state index contributed by atoms with van der Waals surface area (Å²) in [4.78, 5) is 2.14. The van der Waals surface area contributed by atoms with Crippen LogP contribution in [0.3, 0.4) is 0 Å². The molecule has 0 aromatic heterocycles. The minimum atomic E-state index is 0.148. The zero-order valence-electron chi connectivity index (χ0n) is 11.4. The Hall–Kier alpha value is -0.770. The lowest BCUT2D eigenvalue weighted by Gasteiger charge is -2.28. The number of hydrogen-bond donors (Lipinski definition) is 2. The minimum Gasteiger partial charge on any atom is -0.395 e. The summed E-state index contributed by atoms with van der Waals surface area (Å²) in [6.45, 7) is 8.78. The molecule has 0 spiro atoms. The molecule has 0 aliphatic rings. The molecule has 0 unspecified atom stereocenters. The van der Waals surface area contributed by atoms with Crippen LogP contribution < -0.4 is 10.2 Å². The SMILES string of the molecule is CCNCc1ccc(N(CCO)C(C)C)cc1Cl. The second-order valence-corrected chi connectivity index (χ2v) is 4.97. The van der Waals surface area contributed by atoms with Gasteiger partial charge in [-0.3, -0.25) is 0 Å². The van der Waals surface area contributed by atoms with Gasteiger partial charge in [-0.1, -0.05) is 24.6 Å². The van der Waals surface area contributed by atoms with Crippen molar-refractivity contribution in [2.45, 2.75) is 33.4 Å². The Morgan fingerprint density at radius 3 is 2.61 bits per heavy atom. The van der Waals surface area contributed by atoms with Gasteiger partial charge in [0.1, 0.15) is 0 Å². The zero-order chi connectivity index (χ0) is 13.5. The number of aliphatic hydroxyl groups is 1. The summed E-state index contributed by atoms with van der Waals surface area (Å²) >= 11 is 6.28. The summed E-state index contributed by atoms with van der Waals surface area (Å²) in [5, 5.41) is 13.1. The van der Waals surface area contributed by atoms with Gasteiger partial charge in [0.25, 0.3) is 0 Å². The van der Waals surface area contributed by atoms with E-state index in [0.717, 1.165) is 29.4 Å². The maximum Gasteiger partial charge on any atom is 0.0606 e. The van der Waals surface area contributed by atoms with E-state index in [1.54, 1.807) is 0 Å². The van der Waals surface area contributed by atoms with Crippen molar-refractivity contribution in [1.29, 1.82) is 0 Å². The van der Waals surface area contributed by atoms with Gasteiger partial charge >= 0.3 is 0 Å². The second kappa shape index (κ2) is 7.62. The fourth-order valence-electron chi connectivity index (χ4n) is 1.91. The molecule has 1 aromatic rings.